The Labute approximate surface area is 212 Å². The van der Waals surface area contributed by atoms with Crippen LogP contribution in [0.25, 0.3) is 6.08 Å². The molecule has 184 valence electrons. The normalized spacial score (nSPS) is 18.9. The number of nitrogens with zero attached hydrogens (tertiary/aromatic N) is 2. The minimum atomic E-state index is -0.678. The maximum atomic E-state index is 14.3. The van der Waals surface area contributed by atoms with Gasteiger partial charge in [-0.25, -0.2) is 4.39 Å². The van der Waals surface area contributed by atoms with Gasteiger partial charge in [0.25, 0.3) is 17.4 Å². The van der Waals surface area contributed by atoms with E-state index in [1.165, 1.54) is 18.2 Å². The highest BCUT2D eigenvalue weighted by atomic mass is 32.2. The van der Waals surface area contributed by atoms with Gasteiger partial charge in [-0.1, -0.05) is 30.3 Å². The Morgan fingerprint density at radius 3 is 2.53 bits per heavy atom. The lowest BCUT2D eigenvalue weighted by atomic mass is 9.83. The summed E-state index contributed by atoms with van der Waals surface area (Å²) in [5.74, 6) is -1.47. The standard InChI is InChI=1S/C28H26FN3O3S/c1-36-21-11-9-18(10-12-21)14-24(30-27(34)22-5-2-3-6-23(22)29)28(35)31-15-19-13-20(17-31)25-7-4-8-26(33)32(25)16-19/h2-12,14,19-20H,13,15-17H2,1H3,(H,30,34)/b24-14-. The molecule has 0 spiro atoms. The fraction of sp³-hybridized carbons (Fsp3) is 0.250. The van der Waals surface area contributed by atoms with Crippen molar-refractivity contribution in [2.75, 3.05) is 19.3 Å². The van der Waals surface area contributed by atoms with Gasteiger partial charge in [0.05, 0.1) is 5.56 Å². The van der Waals surface area contributed by atoms with Crippen LogP contribution < -0.4 is 10.9 Å². The molecular formula is C28H26FN3O3S. The predicted octanol–water partition coefficient (Wildman–Crippen LogP) is 4.13. The lowest BCUT2D eigenvalue weighted by Crippen LogP contribution is -2.50. The largest absolute Gasteiger partial charge is 0.336 e. The molecule has 2 amide bonds. The number of aromatic nitrogens is 1. The molecule has 6 nitrogen and oxygen atoms in total. The number of carbonyl (C=O) groups is 2. The van der Waals surface area contributed by atoms with E-state index in [2.05, 4.69) is 5.32 Å². The van der Waals surface area contributed by atoms with Gasteiger partial charge in [0.1, 0.15) is 11.5 Å². The van der Waals surface area contributed by atoms with Crippen LogP contribution >= 0.6 is 11.8 Å². The molecule has 2 unspecified atom stereocenters. The van der Waals surface area contributed by atoms with Crippen molar-refractivity contribution in [3.05, 3.63) is 105 Å². The fourth-order valence-electron chi connectivity index (χ4n) is 5.09. The topological polar surface area (TPSA) is 71.4 Å². The Morgan fingerprint density at radius 1 is 1.00 bits per heavy atom. The highest BCUT2D eigenvalue weighted by molar-refractivity contribution is 7.98. The summed E-state index contributed by atoms with van der Waals surface area (Å²) in [7, 11) is 0. The van der Waals surface area contributed by atoms with Crippen molar-refractivity contribution in [2.24, 2.45) is 5.92 Å². The van der Waals surface area contributed by atoms with Crippen LogP contribution in [0.3, 0.4) is 0 Å². The molecular weight excluding hydrogens is 477 g/mol. The number of thioether (sulfide) groups is 1. The van der Waals surface area contributed by atoms with Gasteiger partial charge in [0, 0.05) is 42.2 Å². The molecule has 0 saturated carbocycles. The smallest absolute Gasteiger partial charge is 0.270 e. The number of hydrogen-bond donors (Lipinski definition) is 1. The molecule has 36 heavy (non-hydrogen) atoms. The van der Waals surface area contributed by atoms with E-state index in [-0.39, 0.29) is 34.6 Å². The number of carbonyl (C=O) groups excluding carboxylic acids is 2. The summed E-state index contributed by atoms with van der Waals surface area (Å²) in [6, 6.07) is 18.6. The van der Waals surface area contributed by atoms with Crippen LogP contribution in [0.5, 0.6) is 0 Å². The van der Waals surface area contributed by atoms with E-state index in [1.54, 1.807) is 40.9 Å². The number of pyridine rings is 1. The number of amides is 2. The number of rotatable bonds is 5. The maximum absolute atomic E-state index is 14.3. The Hall–Kier alpha value is -3.65. The van der Waals surface area contributed by atoms with E-state index in [0.717, 1.165) is 22.6 Å². The van der Waals surface area contributed by atoms with Crippen LogP contribution in [-0.2, 0) is 11.3 Å². The third-order valence-corrected chi connectivity index (χ3v) is 7.53. The minimum absolute atomic E-state index is 0.0200. The van der Waals surface area contributed by atoms with Crippen molar-refractivity contribution in [3.63, 3.8) is 0 Å². The van der Waals surface area contributed by atoms with Gasteiger partial charge in [-0.2, -0.15) is 0 Å². The van der Waals surface area contributed by atoms with Crippen molar-refractivity contribution in [3.8, 4) is 0 Å². The second-order valence-electron chi connectivity index (χ2n) is 9.17. The molecule has 2 aliphatic rings. The average molecular weight is 504 g/mol. The van der Waals surface area contributed by atoms with E-state index in [9.17, 15) is 18.8 Å². The summed E-state index contributed by atoms with van der Waals surface area (Å²) in [5, 5.41) is 2.67. The van der Waals surface area contributed by atoms with Crippen molar-refractivity contribution in [2.45, 2.75) is 23.8 Å². The van der Waals surface area contributed by atoms with Crippen molar-refractivity contribution >= 4 is 29.7 Å². The van der Waals surface area contributed by atoms with Crippen molar-refractivity contribution in [1.29, 1.82) is 0 Å². The highest BCUT2D eigenvalue weighted by Gasteiger charge is 2.37. The van der Waals surface area contributed by atoms with Gasteiger partial charge in [-0.05, 0) is 60.6 Å². The molecule has 3 heterocycles. The monoisotopic (exact) mass is 503 g/mol. The second kappa shape index (κ2) is 10.1. The highest BCUT2D eigenvalue weighted by Crippen LogP contribution is 2.35. The first-order valence-electron chi connectivity index (χ1n) is 11.8. The van der Waals surface area contributed by atoms with Crippen LogP contribution in [-0.4, -0.2) is 40.6 Å². The third kappa shape index (κ3) is 4.86. The quantitative estimate of drug-likeness (QED) is 0.420. The molecule has 5 rings (SSSR count). The van der Waals surface area contributed by atoms with Gasteiger partial charge in [0.2, 0.25) is 0 Å². The predicted molar refractivity (Wildman–Crippen MR) is 138 cm³/mol. The van der Waals surface area contributed by atoms with Gasteiger partial charge in [0.15, 0.2) is 0 Å². The number of fused-ring (bicyclic) bond motifs is 4. The number of benzene rings is 2. The van der Waals surface area contributed by atoms with E-state index in [4.69, 9.17) is 0 Å². The minimum Gasteiger partial charge on any atom is -0.336 e. The van der Waals surface area contributed by atoms with E-state index in [1.807, 2.05) is 41.2 Å². The molecule has 1 fully saturated rings. The van der Waals surface area contributed by atoms with E-state index < -0.39 is 11.7 Å². The Bertz CT molecular complexity index is 1400. The zero-order valence-electron chi connectivity index (χ0n) is 19.8. The first-order valence-corrected chi connectivity index (χ1v) is 13.1. The van der Waals surface area contributed by atoms with Gasteiger partial charge < -0.3 is 14.8 Å². The molecule has 2 atom stereocenters. The zero-order chi connectivity index (χ0) is 25.2. The van der Waals surface area contributed by atoms with Crippen LogP contribution in [0.4, 0.5) is 4.39 Å². The number of nitrogens with one attached hydrogen (secondary N) is 1. The Balaban J connectivity index is 1.45. The Kier molecular flexibility index (Phi) is 6.78. The zero-order valence-corrected chi connectivity index (χ0v) is 20.6. The molecule has 0 aliphatic carbocycles. The second-order valence-corrected chi connectivity index (χ2v) is 10.1. The van der Waals surface area contributed by atoms with Gasteiger partial charge in [-0.15, -0.1) is 11.8 Å². The summed E-state index contributed by atoms with van der Waals surface area (Å²) in [6.07, 6.45) is 4.52. The maximum Gasteiger partial charge on any atom is 0.270 e. The average Bonchev–Trinajstić information content (AvgIpc) is 2.89. The van der Waals surface area contributed by atoms with Crippen LogP contribution in [0.2, 0.25) is 0 Å². The van der Waals surface area contributed by atoms with Gasteiger partial charge in [-0.3, -0.25) is 14.4 Å². The summed E-state index contributed by atoms with van der Waals surface area (Å²) < 4.78 is 16.1. The molecule has 3 aromatic rings. The molecule has 8 heteroatoms. The lowest BCUT2D eigenvalue weighted by Gasteiger charge is -2.43. The number of hydrogen-bond acceptors (Lipinski definition) is 4. The van der Waals surface area contributed by atoms with Crippen LogP contribution in [0.15, 0.2) is 82.1 Å². The van der Waals surface area contributed by atoms with E-state index >= 15 is 0 Å². The molecule has 1 aromatic heterocycles. The summed E-state index contributed by atoms with van der Waals surface area (Å²) in [6.45, 7) is 1.48. The lowest BCUT2D eigenvalue weighted by molar-refractivity contribution is -0.130. The Morgan fingerprint density at radius 2 is 1.78 bits per heavy atom. The van der Waals surface area contributed by atoms with Crippen molar-refractivity contribution in [1.82, 2.24) is 14.8 Å². The summed E-state index contributed by atoms with van der Waals surface area (Å²) in [4.78, 5) is 41.9. The molecule has 2 aromatic carbocycles. The number of halogens is 1. The fourth-order valence-corrected chi connectivity index (χ4v) is 5.49. The number of likely N-dealkylation sites (tertiary alicyclic amines) is 1. The van der Waals surface area contributed by atoms with E-state index in [0.29, 0.717) is 19.6 Å². The molecule has 1 N–H and O–H groups in total. The molecule has 2 bridgehead atoms. The molecule has 0 radical (unpaired) electrons. The molecule has 1 saturated heterocycles. The summed E-state index contributed by atoms with van der Waals surface area (Å²) in [5.41, 5.74) is 1.63. The third-order valence-electron chi connectivity index (χ3n) is 6.79. The molecule has 2 aliphatic heterocycles. The van der Waals surface area contributed by atoms with Crippen LogP contribution in [0, 0.1) is 11.7 Å². The van der Waals surface area contributed by atoms with Crippen LogP contribution in [0.1, 0.15) is 34.0 Å². The summed E-state index contributed by atoms with van der Waals surface area (Å²) >= 11 is 1.61. The SMILES string of the molecule is CSc1ccc(/C=C(\NC(=O)c2ccccc2F)C(=O)N2CC3CC(C2)c2cccc(=O)n2C3)cc1. The van der Waals surface area contributed by atoms with Crippen molar-refractivity contribution < 1.29 is 14.0 Å². The number of piperidine rings is 1. The van der Waals surface area contributed by atoms with Gasteiger partial charge >= 0.3 is 0 Å². The first kappa shape index (κ1) is 24.1. The first-order chi connectivity index (χ1) is 17.4.